The summed E-state index contributed by atoms with van der Waals surface area (Å²) in [6, 6.07) is 5.64. The quantitative estimate of drug-likeness (QED) is 0.862. The summed E-state index contributed by atoms with van der Waals surface area (Å²) in [5, 5.41) is 18.4. The average molecular weight is 305 g/mol. The van der Waals surface area contributed by atoms with Gasteiger partial charge in [-0.1, -0.05) is 30.3 Å². The molecule has 0 saturated carbocycles. The number of hydrogen-bond acceptors (Lipinski definition) is 3. The minimum atomic E-state index is -5.22. The third-order valence-electron chi connectivity index (χ3n) is 2.74. The van der Waals surface area contributed by atoms with E-state index in [9.17, 15) is 27.9 Å². The van der Waals surface area contributed by atoms with Crippen LogP contribution in [0.3, 0.4) is 0 Å². The number of carboxylic acid groups (broad SMARTS) is 1. The summed E-state index contributed by atoms with van der Waals surface area (Å²) in [6.45, 7) is 0.446. The van der Waals surface area contributed by atoms with Crippen molar-refractivity contribution in [1.82, 2.24) is 4.90 Å². The Kier molecular flexibility index (Phi) is 5.31. The molecular weight excluding hydrogens is 291 g/mol. The van der Waals surface area contributed by atoms with Gasteiger partial charge in [-0.25, -0.2) is 4.79 Å². The summed E-state index contributed by atoms with van der Waals surface area (Å²) in [4.78, 5) is 22.6. The number of carbonyl (C=O) groups excluding carboxylic acids is 1. The van der Waals surface area contributed by atoms with E-state index >= 15 is 0 Å². The molecule has 2 N–H and O–H groups in total. The highest BCUT2D eigenvalue weighted by molar-refractivity contribution is 5.87. The number of halogens is 3. The van der Waals surface area contributed by atoms with Gasteiger partial charge >= 0.3 is 18.1 Å². The van der Waals surface area contributed by atoms with Crippen LogP contribution >= 0.6 is 0 Å². The number of benzene rings is 1. The van der Waals surface area contributed by atoms with E-state index in [1.165, 1.54) is 12.1 Å². The van der Waals surface area contributed by atoms with E-state index < -0.39 is 36.7 Å². The molecule has 0 aromatic heterocycles. The van der Waals surface area contributed by atoms with Gasteiger partial charge in [0.1, 0.15) is 0 Å². The van der Waals surface area contributed by atoms with Crippen LogP contribution in [0.2, 0.25) is 0 Å². The summed E-state index contributed by atoms with van der Waals surface area (Å²) in [7, 11) is 0. The summed E-state index contributed by atoms with van der Waals surface area (Å²) in [5.41, 5.74) is 0.321. The van der Waals surface area contributed by atoms with Crippen molar-refractivity contribution in [3.05, 3.63) is 35.9 Å². The van der Waals surface area contributed by atoms with Gasteiger partial charge in [0.05, 0.1) is 6.10 Å². The standard InChI is InChI=1S/C13H14F3NO4/c1-8(18)10(11(19)20)17(12(21)13(14,15)16)7-9-5-3-2-4-6-9/h2-6,8,10,18H,7H2,1H3,(H,19,20)/t8-,10+/m1/s1. The zero-order chi connectivity index (χ0) is 16.2. The molecule has 1 aromatic rings. The number of alkyl halides is 3. The van der Waals surface area contributed by atoms with E-state index in [4.69, 9.17) is 5.11 Å². The van der Waals surface area contributed by atoms with Crippen molar-refractivity contribution in [2.75, 3.05) is 0 Å². The maximum Gasteiger partial charge on any atom is 0.471 e. The molecule has 116 valence electrons. The van der Waals surface area contributed by atoms with E-state index in [-0.39, 0.29) is 4.90 Å². The summed E-state index contributed by atoms with van der Waals surface area (Å²) in [6.07, 6.45) is -6.88. The maximum absolute atomic E-state index is 12.6. The topological polar surface area (TPSA) is 77.8 Å². The highest BCUT2D eigenvalue weighted by atomic mass is 19.4. The Balaban J connectivity index is 3.16. The minimum Gasteiger partial charge on any atom is -0.480 e. The third-order valence-corrected chi connectivity index (χ3v) is 2.74. The summed E-state index contributed by atoms with van der Waals surface area (Å²) < 4.78 is 37.9. The Morgan fingerprint density at radius 3 is 2.14 bits per heavy atom. The Morgan fingerprint density at radius 2 is 1.76 bits per heavy atom. The van der Waals surface area contributed by atoms with E-state index in [1.807, 2.05) is 0 Å². The van der Waals surface area contributed by atoms with Crippen molar-refractivity contribution in [2.24, 2.45) is 0 Å². The molecule has 1 aromatic carbocycles. The molecule has 5 nitrogen and oxygen atoms in total. The molecule has 2 atom stereocenters. The molecule has 1 amide bonds. The third kappa shape index (κ3) is 4.45. The van der Waals surface area contributed by atoms with Gasteiger partial charge in [-0.05, 0) is 12.5 Å². The lowest BCUT2D eigenvalue weighted by Gasteiger charge is -2.31. The van der Waals surface area contributed by atoms with Crippen LogP contribution in [0.25, 0.3) is 0 Å². The first-order valence-electron chi connectivity index (χ1n) is 5.97. The second kappa shape index (κ2) is 6.57. The van der Waals surface area contributed by atoms with Gasteiger partial charge in [-0.15, -0.1) is 0 Å². The van der Waals surface area contributed by atoms with Crippen LogP contribution in [0.5, 0.6) is 0 Å². The van der Waals surface area contributed by atoms with Crippen LogP contribution in [0.1, 0.15) is 12.5 Å². The smallest absolute Gasteiger partial charge is 0.471 e. The molecule has 21 heavy (non-hydrogen) atoms. The number of aliphatic hydroxyl groups is 1. The van der Waals surface area contributed by atoms with Gasteiger partial charge in [0.15, 0.2) is 6.04 Å². The molecule has 0 aliphatic rings. The molecular formula is C13H14F3NO4. The molecule has 0 heterocycles. The second-order valence-corrected chi connectivity index (χ2v) is 4.44. The molecule has 0 fully saturated rings. The minimum absolute atomic E-state index is 0.113. The number of hydrogen-bond donors (Lipinski definition) is 2. The number of amides is 1. The van der Waals surface area contributed by atoms with Gasteiger partial charge < -0.3 is 15.1 Å². The predicted octanol–water partition coefficient (Wildman–Crippen LogP) is 1.41. The van der Waals surface area contributed by atoms with Crippen molar-refractivity contribution < 1.29 is 33.0 Å². The van der Waals surface area contributed by atoms with Crippen LogP contribution < -0.4 is 0 Å². The average Bonchev–Trinajstić information content (AvgIpc) is 2.36. The Morgan fingerprint density at radius 1 is 1.24 bits per heavy atom. The SMILES string of the molecule is C[C@@H](O)[C@@H](C(=O)O)N(Cc1ccccc1)C(=O)C(F)(F)F. The fourth-order valence-electron chi connectivity index (χ4n) is 1.84. The Bertz CT molecular complexity index is 502. The molecule has 0 spiro atoms. The normalized spacial score (nSPS) is 14.3. The fourth-order valence-corrected chi connectivity index (χ4v) is 1.84. The lowest BCUT2D eigenvalue weighted by molar-refractivity contribution is -0.193. The number of carboxylic acids is 1. The van der Waals surface area contributed by atoms with Gasteiger partial charge in [0.2, 0.25) is 0 Å². The molecule has 0 saturated heterocycles. The summed E-state index contributed by atoms with van der Waals surface area (Å²) in [5.74, 6) is -4.02. The molecule has 0 unspecified atom stereocenters. The van der Waals surface area contributed by atoms with Gasteiger partial charge in [-0.3, -0.25) is 4.79 Å². The zero-order valence-corrected chi connectivity index (χ0v) is 11.0. The highest BCUT2D eigenvalue weighted by Gasteiger charge is 2.47. The predicted molar refractivity (Wildman–Crippen MR) is 66.2 cm³/mol. The fraction of sp³-hybridized carbons (Fsp3) is 0.385. The van der Waals surface area contributed by atoms with Crippen LogP contribution in [0.4, 0.5) is 13.2 Å². The zero-order valence-electron chi connectivity index (χ0n) is 11.0. The number of aliphatic hydroxyl groups excluding tert-OH is 1. The van der Waals surface area contributed by atoms with Crippen molar-refractivity contribution >= 4 is 11.9 Å². The molecule has 0 radical (unpaired) electrons. The van der Waals surface area contributed by atoms with Gasteiger partial charge in [0.25, 0.3) is 0 Å². The van der Waals surface area contributed by atoms with Crippen LogP contribution in [-0.4, -0.2) is 45.3 Å². The first kappa shape index (κ1) is 17.0. The first-order chi connectivity index (χ1) is 9.64. The number of carbonyl (C=O) groups is 2. The Labute approximate surface area is 118 Å². The van der Waals surface area contributed by atoms with E-state index in [1.54, 1.807) is 18.2 Å². The van der Waals surface area contributed by atoms with E-state index in [2.05, 4.69) is 0 Å². The number of rotatable bonds is 5. The monoisotopic (exact) mass is 305 g/mol. The molecule has 1 rings (SSSR count). The maximum atomic E-state index is 12.6. The van der Waals surface area contributed by atoms with Crippen molar-refractivity contribution in [2.45, 2.75) is 31.8 Å². The lowest BCUT2D eigenvalue weighted by atomic mass is 10.1. The first-order valence-corrected chi connectivity index (χ1v) is 5.97. The summed E-state index contributed by atoms with van der Waals surface area (Å²) >= 11 is 0. The molecule has 0 bridgehead atoms. The lowest BCUT2D eigenvalue weighted by Crippen LogP contribution is -2.54. The van der Waals surface area contributed by atoms with E-state index in [0.717, 1.165) is 6.92 Å². The highest BCUT2D eigenvalue weighted by Crippen LogP contribution is 2.23. The van der Waals surface area contributed by atoms with Crippen molar-refractivity contribution in [1.29, 1.82) is 0 Å². The van der Waals surface area contributed by atoms with Gasteiger partial charge in [0, 0.05) is 6.54 Å². The number of nitrogens with zero attached hydrogens (tertiary/aromatic N) is 1. The van der Waals surface area contributed by atoms with Crippen LogP contribution in [-0.2, 0) is 16.1 Å². The van der Waals surface area contributed by atoms with Crippen molar-refractivity contribution in [3.63, 3.8) is 0 Å². The second-order valence-electron chi connectivity index (χ2n) is 4.44. The molecule has 8 heteroatoms. The molecule has 0 aliphatic heterocycles. The van der Waals surface area contributed by atoms with Crippen LogP contribution in [0.15, 0.2) is 30.3 Å². The largest absolute Gasteiger partial charge is 0.480 e. The molecule has 0 aliphatic carbocycles. The van der Waals surface area contributed by atoms with Gasteiger partial charge in [-0.2, -0.15) is 13.2 Å². The Hall–Kier alpha value is -2.09. The number of aliphatic carboxylic acids is 1. The van der Waals surface area contributed by atoms with E-state index in [0.29, 0.717) is 5.56 Å². The van der Waals surface area contributed by atoms with Crippen LogP contribution in [0, 0.1) is 0 Å². The van der Waals surface area contributed by atoms with Crippen molar-refractivity contribution in [3.8, 4) is 0 Å².